The Kier molecular flexibility index (Phi) is 5.17. The summed E-state index contributed by atoms with van der Waals surface area (Å²) in [5, 5.41) is 0. The molecule has 0 aromatic heterocycles. The Hall–Kier alpha value is -2.67. The second-order valence-electron chi connectivity index (χ2n) is 7.63. The highest BCUT2D eigenvalue weighted by Gasteiger charge is 2.32. The first kappa shape index (κ1) is 19.6. The van der Waals surface area contributed by atoms with Crippen LogP contribution in [0.1, 0.15) is 54.6 Å². The SMILES string of the molecule is C[C@H](c1ccccc1)N(C)C(=O)c1ccc2c(c1)S(=O)(=O)N=C1CCCCCN12. The second kappa shape index (κ2) is 7.63. The lowest BCUT2D eigenvalue weighted by Crippen LogP contribution is -2.35. The van der Waals surface area contributed by atoms with Crippen LogP contribution >= 0.6 is 0 Å². The van der Waals surface area contributed by atoms with E-state index in [0.29, 0.717) is 23.5 Å². The number of carbonyl (C=O) groups is 1. The Morgan fingerprint density at radius 1 is 1.10 bits per heavy atom. The van der Waals surface area contributed by atoms with Gasteiger partial charge in [-0.3, -0.25) is 4.79 Å². The van der Waals surface area contributed by atoms with Crippen LogP contribution in [0.3, 0.4) is 0 Å². The van der Waals surface area contributed by atoms with Gasteiger partial charge >= 0.3 is 0 Å². The van der Waals surface area contributed by atoms with Crippen LogP contribution < -0.4 is 4.90 Å². The molecule has 1 saturated heterocycles. The van der Waals surface area contributed by atoms with Crippen LogP contribution in [0.4, 0.5) is 5.69 Å². The van der Waals surface area contributed by atoms with Crippen molar-refractivity contribution in [2.24, 2.45) is 4.40 Å². The summed E-state index contributed by atoms with van der Waals surface area (Å²) in [5.41, 5.74) is 2.01. The van der Waals surface area contributed by atoms with E-state index in [2.05, 4.69) is 4.40 Å². The summed E-state index contributed by atoms with van der Waals surface area (Å²) in [6.45, 7) is 2.70. The number of fused-ring (bicyclic) bond motifs is 3. The Labute approximate surface area is 171 Å². The lowest BCUT2D eigenvalue weighted by atomic mass is 10.1. The van der Waals surface area contributed by atoms with Gasteiger partial charge in [0.1, 0.15) is 10.7 Å². The molecule has 2 aromatic carbocycles. The van der Waals surface area contributed by atoms with Gasteiger partial charge in [-0.15, -0.1) is 4.40 Å². The van der Waals surface area contributed by atoms with Gasteiger partial charge in [-0.2, -0.15) is 8.42 Å². The molecule has 0 N–H and O–H groups in total. The first-order valence-corrected chi connectivity index (χ1v) is 11.4. The number of benzene rings is 2. The van der Waals surface area contributed by atoms with Crippen LogP contribution in [0.5, 0.6) is 0 Å². The quantitative estimate of drug-likeness (QED) is 0.765. The summed E-state index contributed by atoms with van der Waals surface area (Å²) in [5.74, 6) is 0.397. The van der Waals surface area contributed by atoms with Gasteiger partial charge in [0.25, 0.3) is 15.9 Å². The van der Waals surface area contributed by atoms with E-state index in [1.807, 2.05) is 42.2 Å². The van der Waals surface area contributed by atoms with E-state index in [1.54, 1.807) is 24.1 Å². The van der Waals surface area contributed by atoms with Crippen molar-refractivity contribution in [3.63, 3.8) is 0 Å². The molecule has 2 aliphatic rings. The van der Waals surface area contributed by atoms with Crippen molar-refractivity contribution < 1.29 is 13.2 Å². The van der Waals surface area contributed by atoms with Crippen molar-refractivity contribution in [3.05, 3.63) is 59.7 Å². The van der Waals surface area contributed by atoms with Crippen molar-refractivity contribution in [3.8, 4) is 0 Å². The maximum atomic E-state index is 13.1. The van der Waals surface area contributed by atoms with Crippen LogP contribution in [-0.2, 0) is 10.0 Å². The molecule has 6 nitrogen and oxygen atoms in total. The third kappa shape index (κ3) is 3.67. The zero-order valence-electron chi connectivity index (χ0n) is 16.7. The molecule has 0 radical (unpaired) electrons. The van der Waals surface area contributed by atoms with Gasteiger partial charge in [-0.25, -0.2) is 0 Å². The molecule has 4 rings (SSSR count). The van der Waals surface area contributed by atoms with Gasteiger partial charge in [-0.1, -0.05) is 36.8 Å². The molecule has 0 saturated carbocycles. The van der Waals surface area contributed by atoms with Gasteiger partial charge in [-0.05, 0) is 43.5 Å². The fourth-order valence-corrected chi connectivity index (χ4v) is 5.23. The summed E-state index contributed by atoms with van der Waals surface area (Å²) < 4.78 is 29.7. The van der Waals surface area contributed by atoms with E-state index < -0.39 is 10.0 Å². The summed E-state index contributed by atoms with van der Waals surface area (Å²) in [6, 6.07) is 14.6. The number of hydrogen-bond donors (Lipinski definition) is 0. The van der Waals surface area contributed by atoms with Crippen LogP contribution in [0.25, 0.3) is 0 Å². The molecule has 0 aliphatic carbocycles. The molecule has 1 amide bonds. The predicted octanol–water partition coefficient (Wildman–Crippen LogP) is 4.00. The first-order chi connectivity index (χ1) is 13.9. The van der Waals surface area contributed by atoms with Gasteiger partial charge in [0, 0.05) is 25.6 Å². The molecular weight excluding hydrogens is 386 g/mol. The summed E-state index contributed by atoms with van der Waals surface area (Å²) >= 11 is 0. The molecular formula is C22H25N3O3S. The number of sulfonamides is 1. The molecule has 7 heteroatoms. The average molecular weight is 412 g/mol. The number of amidine groups is 1. The van der Waals surface area contributed by atoms with Crippen molar-refractivity contribution in [1.82, 2.24) is 4.90 Å². The molecule has 0 bridgehead atoms. The molecule has 0 unspecified atom stereocenters. The number of carbonyl (C=O) groups excluding carboxylic acids is 1. The maximum absolute atomic E-state index is 13.1. The number of rotatable bonds is 3. The van der Waals surface area contributed by atoms with Gasteiger partial charge < -0.3 is 9.80 Å². The lowest BCUT2D eigenvalue weighted by Gasteiger charge is -2.30. The van der Waals surface area contributed by atoms with E-state index in [4.69, 9.17) is 0 Å². The molecule has 2 heterocycles. The maximum Gasteiger partial charge on any atom is 0.286 e. The zero-order chi connectivity index (χ0) is 20.6. The monoisotopic (exact) mass is 411 g/mol. The van der Waals surface area contributed by atoms with Crippen molar-refractivity contribution in [2.45, 2.75) is 43.5 Å². The van der Waals surface area contributed by atoms with Crippen molar-refractivity contribution in [1.29, 1.82) is 0 Å². The van der Waals surface area contributed by atoms with Crippen molar-refractivity contribution in [2.75, 3.05) is 18.5 Å². The molecule has 0 spiro atoms. The molecule has 152 valence electrons. The van der Waals surface area contributed by atoms with E-state index in [0.717, 1.165) is 31.4 Å². The highest BCUT2D eigenvalue weighted by molar-refractivity contribution is 7.90. The Bertz CT molecular complexity index is 1060. The molecule has 29 heavy (non-hydrogen) atoms. The average Bonchev–Trinajstić information content (AvgIpc) is 2.97. The molecule has 2 aromatic rings. The standard InChI is InChI=1S/C22H25N3O3S/c1-16(17-9-5-3-6-10-17)24(2)22(26)18-12-13-19-20(15-18)29(27,28)23-21-11-7-4-8-14-25(19)21/h3,5-6,9-10,12-13,15-16H,4,7-8,11,14H2,1-2H3/t16-/m1/s1. The van der Waals surface area contributed by atoms with Crippen LogP contribution in [0.15, 0.2) is 57.8 Å². The van der Waals surface area contributed by atoms with E-state index >= 15 is 0 Å². The third-order valence-electron chi connectivity index (χ3n) is 5.78. The largest absolute Gasteiger partial charge is 0.335 e. The Morgan fingerprint density at radius 3 is 2.62 bits per heavy atom. The summed E-state index contributed by atoms with van der Waals surface area (Å²) in [7, 11) is -2.07. The highest BCUT2D eigenvalue weighted by Crippen LogP contribution is 2.35. The minimum absolute atomic E-state index is 0.120. The van der Waals surface area contributed by atoms with Gasteiger partial charge in [0.2, 0.25) is 0 Å². The number of hydrogen-bond acceptors (Lipinski definition) is 4. The number of anilines is 1. The topological polar surface area (TPSA) is 70.0 Å². The van der Waals surface area contributed by atoms with Crippen LogP contribution in [0, 0.1) is 0 Å². The summed E-state index contributed by atoms with van der Waals surface area (Å²) in [6.07, 6.45) is 3.66. The third-order valence-corrected chi connectivity index (χ3v) is 7.11. The van der Waals surface area contributed by atoms with Crippen LogP contribution in [-0.4, -0.2) is 38.7 Å². The van der Waals surface area contributed by atoms with E-state index in [9.17, 15) is 13.2 Å². The first-order valence-electron chi connectivity index (χ1n) is 9.96. The predicted molar refractivity (Wildman–Crippen MR) is 114 cm³/mol. The lowest BCUT2D eigenvalue weighted by molar-refractivity contribution is 0.0742. The molecule has 1 fully saturated rings. The smallest absolute Gasteiger partial charge is 0.286 e. The fourth-order valence-electron chi connectivity index (χ4n) is 3.95. The minimum atomic E-state index is -3.81. The van der Waals surface area contributed by atoms with E-state index in [1.165, 1.54) is 6.07 Å². The molecule has 1 atom stereocenters. The van der Waals surface area contributed by atoms with Crippen molar-refractivity contribution >= 4 is 27.5 Å². The minimum Gasteiger partial charge on any atom is -0.335 e. The summed E-state index contributed by atoms with van der Waals surface area (Å²) in [4.78, 5) is 16.8. The number of nitrogens with zero attached hydrogens (tertiary/aromatic N) is 3. The van der Waals surface area contributed by atoms with E-state index in [-0.39, 0.29) is 16.8 Å². The zero-order valence-corrected chi connectivity index (χ0v) is 17.5. The fraction of sp³-hybridized carbons (Fsp3) is 0.364. The van der Waals surface area contributed by atoms with Crippen LogP contribution in [0.2, 0.25) is 0 Å². The second-order valence-corrected chi connectivity index (χ2v) is 9.20. The van der Waals surface area contributed by atoms with Gasteiger partial charge in [0.05, 0.1) is 11.7 Å². The normalized spacial score (nSPS) is 18.7. The number of amides is 1. The highest BCUT2D eigenvalue weighted by atomic mass is 32.2. The van der Waals surface area contributed by atoms with Gasteiger partial charge in [0.15, 0.2) is 0 Å². The Morgan fingerprint density at radius 2 is 1.86 bits per heavy atom. The molecule has 2 aliphatic heterocycles. The Balaban J connectivity index is 1.68.